The third-order valence-corrected chi connectivity index (χ3v) is 3.41. The fourth-order valence-corrected chi connectivity index (χ4v) is 2.21. The lowest BCUT2D eigenvalue weighted by Gasteiger charge is -2.22. The van der Waals surface area contributed by atoms with E-state index in [-0.39, 0.29) is 31.2 Å². The molecular formula is C15H21N3O3. The van der Waals surface area contributed by atoms with Gasteiger partial charge in [-0.1, -0.05) is 12.7 Å². The van der Waals surface area contributed by atoms with E-state index < -0.39 is 6.04 Å². The summed E-state index contributed by atoms with van der Waals surface area (Å²) in [5, 5.41) is 2.49. The van der Waals surface area contributed by atoms with Crippen molar-refractivity contribution < 1.29 is 14.4 Å². The van der Waals surface area contributed by atoms with Gasteiger partial charge in [0.15, 0.2) is 0 Å². The number of allylic oxidation sites excluding steroid dienone is 3. The number of amides is 2. The van der Waals surface area contributed by atoms with E-state index in [0.29, 0.717) is 23.1 Å². The van der Waals surface area contributed by atoms with Crippen molar-refractivity contribution in [3.05, 3.63) is 35.6 Å². The van der Waals surface area contributed by atoms with Gasteiger partial charge in [-0.2, -0.15) is 0 Å². The summed E-state index contributed by atoms with van der Waals surface area (Å²) in [7, 11) is 1.53. The Morgan fingerprint density at radius 3 is 2.71 bits per heavy atom. The number of aldehydes is 1. The summed E-state index contributed by atoms with van der Waals surface area (Å²) in [5.74, 6) is -0.426. The summed E-state index contributed by atoms with van der Waals surface area (Å²) in [6.07, 6.45) is 4.27. The van der Waals surface area contributed by atoms with Gasteiger partial charge < -0.3 is 20.7 Å². The Kier molecular flexibility index (Phi) is 5.90. The van der Waals surface area contributed by atoms with Crippen LogP contribution in [0.3, 0.4) is 0 Å². The molecular weight excluding hydrogens is 270 g/mol. The highest BCUT2D eigenvalue weighted by Crippen LogP contribution is 2.27. The van der Waals surface area contributed by atoms with Crippen LogP contribution in [-0.4, -0.2) is 42.6 Å². The number of hydrogen-bond donors (Lipinski definition) is 2. The summed E-state index contributed by atoms with van der Waals surface area (Å²) < 4.78 is 0. The molecule has 6 nitrogen and oxygen atoms in total. The Hall–Kier alpha value is -2.37. The quantitative estimate of drug-likeness (QED) is 0.542. The minimum absolute atomic E-state index is 0.166. The van der Waals surface area contributed by atoms with E-state index in [0.717, 1.165) is 0 Å². The van der Waals surface area contributed by atoms with Crippen LogP contribution in [0.2, 0.25) is 0 Å². The van der Waals surface area contributed by atoms with Crippen molar-refractivity contribution in [3.8, 4) is 0 Å². The van der Waals surface area contributed by atoms with Crippen LogP contribution in [0.25, 0.3) is 0 Å². The van der Waals surface area contributed by atoms with Crippen LogP contribution in [0.15, 0.2) is 35.6 Å². The Morgan fingerprint density at radius 2 is 2.24 bits per heavy atom. The molecule has 0 aromatic heterocycles. The zero-order chi connectivity index (χ0) is 16.0. The van der Waals surface area contributed by atoms with E-state index in [4.69, 9.17) is 5.73 Å². The zero-order valence-corrected chi connectivity index (χ0v) is 12.4. The van der Waals surface area contributed by atoms with Crippen LogP contribution in [0, 0.1) is 0 Å². The van der Waals surface area contributed by atoms with Crippen molar-refractivity contribution in [2.45, 2.75) is 25.8 Å². The van der Waals surface area contributed by atoms with Crippen LogP contribution < -0.4 is 11.1 Å². The molecule has 1 heterocycles. The average molecular weight is 291 g/mol. The van der Waals surface area contributed by atoms with E-state index >= 15 is 0 Å². The molecule has 6 heteroatoms. The number of likely N-dealkylation sites (tertiary alicyclic amines) is 1. The van der Waals surface area contributed by atoms with E-state index in [2.05, 4.69) is 11.9 Å². The highest BCUT2D eigenvalue weighted by Gasteiger charge is 2.35. The van der Waals surface area contributed by atoms with Gasteiger partial charge in [-0.05, 0) is 19.4 Å². The fraction of sp³-hybridized carbons (Fsp3) is 0.400. The second-order valence-electron chi connectivity index (χ2n) is 4.83. The smallest absolute Gasteiger partial charge is 0.255 e. The highest BCUT2D eigenvalue weighted by atomic mass is 16.2. The molecule has 1 saturated heterocycles. The molecule has 1 atom stereocenters. The second kappa shape index (κ2) is 7.42. The van der Waals surface area contributed by atoms with Crippen LogP contribution in [0.1, 0.15) is 19.8 Å². The SMILES string of the molecule is C=C/C=C1/C(=O)N(C(C=O)CCC(=O)NC)C/C1=C(/C)N. The van der Waals surface area contributed by atoms with Crippen molar-refractivity contribution >= 4 is 18.1 Å². The molecule has 0 radical (unpaired) electrons. The molecule has 0 aliphatic carbocycles. The molecule has 1 rings (SSSR count). The number of nitrogens with one attached hydrogen (secondary N) is 1. The molecule has 0 spiro atoms. The van der Waals surface area contributed by atoms with E-state index in [1.807, 2.05) is 0 Å². The molecule has 0 aromatic carbocycles. The molecule has 0 aromatic rings. The van der Waals surface area contributed by atoms with Gasteiger partial charge in [0.25, 0.3) is 5.91 Å². The Morgan fingerprint density at radius 1 is 1.57 bits per heavy atom. The molecule has 0 bridgehead atoms. The average Bonchev–Trinajstić information content (AvgIpc) is 2.78. The first-order chi connectivity index (χ1) is 9.96. The van der Waals surface area contributed by atoms with Gasteiger partial charge in [-0.15, -0.1) is 0 Å². The number of nitrogens with two attached hydrogens (primary N) is 1. The van der Waals surface area contributed by atoms with Crippen LogP contribution >= 0.6 is 0 Å². The normalized spacial score (nSPS) is 20.4. The molecule has 21 heavy (non-hydrogen) atoms. The maximum Gasteiger partial charge on any atom is 0.255 e. The number of nitrogens with zero attached hydrogens (tertiary/aromatic N) is 1. The van der Waals surface area contributed by atoms with E-state index in [9.17, 15) is 14.4 Å². The molecule has 1 aliphatic rings. The summed E-state index contributed by atoms with van der Waals surface area (Å²) in [5.41, 5.74) is 7.49. The topological polar surface area (TPSA) is 92.5 Å². The number of hydrogen-bond acceptors (Lipinski definition) is 4. The standard InChI is InChI=1S/C15H21N3O3/c1-4-5-12-13(10(2)16)8-18(15(12)21)11(9-19)6-7-14(20)17-3/h4-5,9,11H,1,6-8,16H2,2-3H3,(H,17,20)/b12-5+,13-10+. The molecule has 1 aliphatic heterocycles. The first-order valence-electron chi connectivity index (χ1n) is 6.71. The highest BCUT2D eigenvalue weighted by molar-refractivity contribution is 6.03. The summed E-state index contributed by atoms with van der Waals surface area (Å²) in [6.45, 7) is 5.57. The maximum absolute atomic E-state index is 12.4. The van der Waals surface area contributed by atoms with Gasteiger partial charge in [0.1, 0.15) is 6.29 Å². The van der Waals surface area contributed by atoms with Gasteiger partial charge in [0.2, 0.25) is 5.91 Å². The number of carbonyl (C=O) groups excluding carboxylic acids is 3. The van der Waals surface area contributed by atoms with Crippen molar-refractivity contribution in [3.63, 3.8) is 0 Å². The van der Waals surface area contributed by atoms with Crippen LogP contribution in [0.5, 0.6) is 0 Å². The molecule has 2 amide bonds. The minimum Gasteiger partial charge on any atom is -0.402 e. The van der Waals surface area contributed by atoms with E-state index in [1.54, 1.807) is 13.0 Å². The Balaban J connectivity index is 2.97. The van der Waals surface area contributed by atoms with Gasteiger partial charge in [0.05, 0.1) is 6.04 Å². The first-order valence-corrected chi connectivity index (χ1v) is 6.71. The third-order valence-electron chi connectivity index (χ3n) is 3.41. The lowest BCUT2D eigenvalue weighted by atomic mass is 10.1. The van der Waals surface area contributed by atoms with Crippen molar-refractivity contribution in [1.82, 2.24) is 10.2 Å². The summed E-state index contributed by atoms with van der Waals surface area (Å²) in [6, 6.07) is -0.639. The van der Waals surface area contributed by atoms with Crippen molar-refractivity contribution in [1.29, 1.82) is 0 Å². The predicted octanol–water partition coefficient (Wildman–Crippen LogP) is 0.267. The van der Waals surface area contributed by atoms with E-state index in [1.165, 1.54) is 18.0 Å². The van der Waals surface area contributed by atoms with Gasteiger partial charge in [0, 0.05) is 36.9 Å². The summed E-state index contributed by atoms with van der Waals surface area (Å²) in [4.78, 5) is 36.4. The minimum atomic E-state index is -0.639. The molecule has 1 unspecified atom stereocenters. The zero-order valence-electron chi connectivity index (χ0n) is 12.4. The van der Waals surface area contributed by atoms with Crippen molar-refractivity contribution in [2.24, 2.45) is 5.73 Å². The molecule has 1 fully saturated rings. The molecule has 114 valence electrons. The summed E-state index contributed by atoms with van der Waals surface area (Å²) >= 11 is 0. The lowest BCUT2D eigenvalue weighted by Crippen LogP contribution is -2.38. The predicted molar refractivity (Wildman–Crippen MR) is 80.0 cm³/mol. The van der Waals surface area contributed by atoms with Crippen molar-refractivity contribution in [2.75, 3.05) is 13.6 Å². The monoisotopic (exact) mass is 291 g/mol. The van der Waals surface area contributed by atoms with Gasteiger partial charge in [-0.25, -0.2) is 0 Å². The third kappa shape index (κ3) is 3.81. The Bertz CT molecular complexity index is 516. The lowest BCUT2D eigenvalue weighted by molar-refractivity contribution is -0.131. The maximum atomic E-state index is 12.4. The number of rotatable bonds is 6. The van der Waals surface area contributed by atoms with Crippen LogP contribution in [0.4, 0.5) is 0 Å². The Labute approximate surface area is 124 Å². The van der Waals surface area contributed by atoms with Gasteiger partial charge in [-0.3, -0.25) is 9.59 Å². The fourth-order valence-electron chi connectivity index (χ4n) is 2.21. The molecule has 0 saturated carbocycles. The van der Waals surface area contributed by atoms with Crippen LogP contribution in [-0.2, 0) is 14.4 Å². The second-order valence-corrected chi connectivity index (χ2v) is 4.83. The first kappa shape index (κ1) is 16.7. The largest absolute Gasteiger partial charge is 0.402 e. The van der Waals surface area contributed by atoms with Gasteiger partial charge >= 0.3 is 0 Å². The number of carbonyl (C=O) groups is 3. The molecule has 3 N–H and O–H groups in total.